The molecule has 0 saturated heterocycles. The molecule has 0 aliphatic heterocycles. The smallest absolute Gasteiger partial charge is 0.321 e. The van der Waals surface area contributed by atoms with Crippen LogP contribution in [-0.4, -0.2) is 36.9 Å². The topological polar surface area (TPSA) is 74.7 Å². The van der Waals surface area contributed by atoms with Crippen molar-refractivity contribution in [3.8, 4) is 0 Å². The largest absolute Gasteiger partial charge is 0.480 e. The van der Waals surface area contributed by atoms with E-state index >= 15 is 0 Å². The van der Waals surface area contributed by atoms with Crippen LogP contribution in [0, 0.1) is 0 Å². The molecule has 94 valence electrons. The molecule has 5 nitrogen and oxygen atoms in total. The summed E-state index contributed by atoms with van der Waals surface area (Å²) in [6, 6.07) is 4.42. The zero-order valence-corrected chi connectivity index (χ0v) is 10.9. The number of carboxylic acids is 1. The molecule has 0 aliphatic rings. The van der Waals surface area contributed by atoms with Crippen molar-refractivity contribution in [1.29, 1.82) is 0 Å². The first-order valence-corrected chi connectivity index (χ1v) is 6.55. The maximum absolute atomic E-state index is 12.0. The van der Waals surface area contributed by atoms with E-state index in [-0.39, 0.29) is 4.90 Å². The fourth-order valence-corrected chi connectivity index (χ4v) is 2.58. The van der Waals surface area contributed by atoms with Gasteiger partial charge in [0.05, 0.1) is 4.90 Å². The Hall–Kier alpha value is -1.11. The van der Waals surface area contributed by atoms with Crippen molar-refractivity contribution < 1.29 is 18.3 Å². The summed E-state index contributed by atoms with van der Waals surface area (Å²) in [6.07, 6.45) is 0. The first kappa shape index (κ1) is 14.0. The Balaban J connectivity index is 3.11. The second-order valence-electron chi connectivity index (χ2n) is 3.49. The van der Waals surface area contributed by atoms with Gasteiger partial charge in [-0.25, -0.2) is 8.42 Å². The molecule has 1 unspecified atom stereocenters. The lowest BCUT2D eigenvalue weighted by atomic mass is 10.4. The number of rotatable bonds is 4. The van der Waals surface area contributed by atoms with Gasteiger partial charge in [0, 0.05) is 12.1 Å². The van der Waals surface area contributed by atoms with E-state index in [1.165, 1.54) is 38.2 Å². The van der Waals surface area contributed by atoms with E-state index in [1.54, 1.807) is 0 Å². The normalized spacial score (nSPS) is 13.6. The van der Waals surface area contributed by atoms with E-state index < -0.39 is 22.0 Å². The lowest BCUT2D eigenvalue weighted by Gasteiger charge is -2.20. The Morgan fingerprint density at radius 1 is 1.35 bits per heavy atom. The first-order valence-electron chi connectivity index (χ1n) is 4.73. The number of nitrogens with zero attached hydrogens (tertiary/aromatic N) is 1. The van der Waals surface area contributed by atoms with Crippen LogP contribution >= 0.6 is 11.6 Å². The van der Waals surface area contributed by atoms with Gasteiger partial charge in [0.15, 0.2) is 0 Å². The Labute approximate surface area is 105 Å². The Kier molecular flexibility index (Phi) is 4.13. The van der Waals surface area contributed by atoms with Crippen LogP contribution in [0.3, 0.4) is 0 Å². The van der Waals surface area contributed by atoms with Crippen molar-refractivity contribution in [1.82, 2.24) is 4.31 Å². The Bertz CT molecular complexity index is 512. The third-order valence-electron chi connectivity index (χ3n) is 2.39. The summed E-state index contributed by atoms with van der Waals surface area (Å²) in [5.74, 6) is -1.20. The molecule has 0 aromatic heterocycles. The second-order valence-corrected chi connectivity index (χ2v) is 5.92. The maximum Gasteiger partial charge on any atom is 0.321 e. The van der Waals surface area contributed by atoms with Crippen LogP contribution in [0.5, 0.6) is 0 Å². The molecular formula is C10H12ClNO4S. The van der Waals surface area contributed by atoms with Crippen molar-refractivity contribution in [2.75, 3.05) is 7.05 Å². The van der Waals surface area contributed by atoms with Gasteiger partial charge in [-0.15, -0.1) is 0 Å². The Morgan fingerprint density at radius 2 is 1.82 bits per heavy atom. The molecule has 1 aromatic carbocycles. The van der Waals surface area contributed by atoms with Gasteiger partial charge in [-0.3, -0.25) is 4.79 Å². The van der Waals surface area contributed by atoms with Crippen LogP contribution in [-0.2, 0) is 14.8 Å². The lowest BCUT2D eigenvalue weighted by molar-refractivity contribution is -0.140. The molecule has 17 heavy (non-hydrogen) atoms. The number of hydrogen-bond donors (Lipinski definition) is 1. The molecule has 1 atom stereocenters. The second kappa shape index (κ2) is 5.03. The van der Waals surface area contributed by atoms with Crippen LogP contribution in [0.25, 0.3) is 0 Å². The van der Waals surface area contributed by atoms with E-state index in [4.69, 9.17) is 16.7 Å². The third-order valence-corrected chi connectivity index (χ3v) is 4.59. The van der Waals surface area contributed by atoms with Crippen LogP contribution in [0.4, 0.5) is 0 Å². The molecule has 1 N–H and O–H groups in total. The predicted molar refractivity (Wildman–Crippen MR) is 63.5 cm³/mol. The minimum atomic E-state index is -3.81. The maximum atomic E-state index is 12.0. The van der Waals surface area contributed by atoms with E-state index in [0.29, 0.717) is 5.02 Å². The highest BCUT2D eigenvalue weighted by atomic mass is 35.5. The molecule has 7 heteroatoms. The number of hydrogen-bond acceptors (Lipinski definition) is 3. The fourth-order valence-electron chi connectivity index (χ4n) is 1.14. The van der Waals surface area contributed by atoms with Gasteiger partial charge >= 0.3 is 5.97 Å². The highest BCUT2D eigenvalue weighted by molar-refractivity contribution is 7.89. The molecule has 0 spiro atoms. The summed E-state index contributed by atoms with van der Waals surface area (Å²) in [4.78, 5) is 10.8. The van der Waals surface area contributed by atoms with Crippen molar-refractivity contribution >= 4 is 27.6 Å². The number of benzene rings is 1. The molecule has 0 saturated carbocycles. The molecular weight excluding hydrogens is 266 g/mol. The van der Waals surface area contributed by atoms with E-state index in [1.807, 2.05) is 0 Å². The highest BCUT2D eigenvalue weighted by Crippen LogP contribution is 2.18. The highest BCUT2D eigenvalue weighted by Gasteiger charge is 2.29. The third kappa shape index (κ3) is 2.96. The molecule has 1 aromatic rings. The molecule has 0 aliphatic carbocycles. The molecule has 0 bridgehead atoms. The molecule has 0 heterocycles. The number of halogens is 1. The van der Waals surface area contributed by atoms with Gasteiger partial charge in [-0.2, -0.15) is 4.31 Å². The molecule has 0 fully saturated rings. The minimum Gasteiger partial charge on any atom is -0.480 e. The van der Waals surface area contributed by atoms with Gasteiger partial charge in [0.2, 0.25) is 10.0 Å². The Morgan fingerprint density at radius 3 is 2.24 bits per heavy atom. The molecule has 0 radical (unpaired) electrons. The zero-order valence-electron chi connectivity index (χ0n) is 9.29. The first-order chi connectivity index (χ1) is 7.76. The number of carboxylic acid groups (broad SMARTS) is 1. The summed E-state index contributed by atoms with van der Waals surface area (Å²) >= 11 is 5.65. The molecule has 0 amide bonds. The van der Waals surface area contributed by atoms with Crippen LogP contribution < -0.4 is 0 Å². The average molecular weight is 278 g/mol. The van der Waals surface area contributed by atoms with Crippen molar-refractivity contribution in [3.05, 3.63) is 29.3 Å². The average Bonchev–Trinajstić information content (AvgIpc) is 2.27. The standard InChI is InChI=1S/C10H12ClNO4S/c1-7(10(13)14)12(2)17(15,16)9-5-3-8(11)4-6-9/h3-7H,1-2H3,(H,13,14). The quantitative estimate of drug-likeness (QED) is 0.903. The summed E-state index contributed by atoms with van der Waals surface area (Å²) in [7, 11) is -2.58. The van der Waals surface area contributed by atoms with Crippen molar-refractivity contribution in [2.24, 2.45) is 0 Å². The summed E-state index contributed by atoms with van der Waals surface area (Å²) in [5.41, 5.74) is 0. The summed E-state index contributed by atoms with van der Waals surface area (Å²) < 4.78 is 24.8. The van der Waals surface area contributed by atoms with Gasteiger partial charge in [-0.1, -0.05) is 11.6 Å². The number of carbonyl (C=O) groups is 1. The van der Waals surface area contributed by atoms with Crippen LogP contribution in [0.2, 0.25) is 5.02 Å². The molecule has 1 rings (SSSR count). The summed E-state index contributed by atoms with van der Waals surface area (Å²) in [5, 5.41) is 9.19. The summed E-state index contributed by atoms with van der Waals surface area (Å²) in [6.45, 7) is 1.30. The SMILES string of the molecule is CC(C(=O)O)N(C)S(=O)(=O)c1ccc(Cl)cc1. The van der Waals surface area contributed by atoms with E-state index in [9.17, 15) is 13.2 Å². The van der Waals surface area contributed by atoms with Crippen LogP contribution in [0.15, 0.2) is 29.2 Å². The minimum absolute atomic E-state index is 0.0116. The monoisotopic (exact) mass is 277 g/mol. The van der Waals surface area contributed by atoms with Crippen molar-refractivity contribution in [3.63, 3.8) is 0 Å². The lowest BCUT2D eigenvalue weighted by Crippen LogP contribution is -2.40. The number of aliphatic carboxylic acids is 1. The van der Waals surface area contributed by atoms with Gasteiger partial charge in [0.25, 0.3) is 0 Å². The van der Waals surface area contributed by atoms with Gasteiger partial charge in [-0.05, 0) is 31.2 Å². The van der Waals surface area contributed by atoms with Gasteiger partial charge in [0.1, 0.15) is 6.04 Å². The predicted octanol–water partition coefficient (Wildman–Crippen LogP) is 1.43. The fraction of sp³-hybridized carbons (Fsp3) is 0.300. The van der Waals surface area contributed by atoms with Crippen LogP contribution in [0.1, 0.15) is 6.92 Å². The van der Waals surface area contributed by atoms with E-state index in [0.717, 1.165) is 4.31 Å². The van der Waals surface area contributed by atoms with Gasteiger partial charge < -0.3 is 5.11 Å². The zero-order chi connectivity index (χ0) is 13.2. The number of likely N-dealkylation sites (N-methyl/N-ethyl adjacent to an activating group) is 1. The van der Waals surface area contributed by atoms with E-state index in [2.05, 4.69) is 0 Å². The van der Waals surface area contributed by atoms with Crippen molar-refractivity contribution in [2.45, 2.75) is 17.9 Å². The number of sulfonamides is 1.